The minimum absolute atomic E-state index is 0.0275. The Morgan fingerprint density at radius 3 is 2.33 bits per heavy atom. The Bertz CT molecular complexity index is 1280. The van der Waals surface area contributed by atoms with Crippen molar-refractivity contribution in [2.24, 2.45) is 0 Å². The lowest BCUT2D eigenvalue weighted by Crippen LogP contribution is -2.29. The van der Waals surface area contributed by atoms with Crippen LogP contribution in [0, 0.1) is 0 Å². The number of carbonyl (C=O) groups is 2. The zero-order valence-electron chi connectivity index (χ0n) is 16.9. The number of benzene rings is 2. The summed E-state index contributed by atoms with van der Waals surface area (Å²) >= 11 is 17.8. The molecule has 0 atom stereocenters. The van der Waals surface area contributed by atoms with Crippen molar-refractivity contribution in [1.29, 1.82) is 0 Å². The van der Waals surface area contributed by atoms with Crippen LogP contribution in [0.5, 0.6) is 0 Å². The van der Waals surface area contributed by atoms with Crippen molar-refractivity contribution in [3.8, 4) is 0 Å². The smallest absolute Gasteiger partial charge is 0.271 e. The molecule has 172 valence electrons. The van der Waals surface area contributed by atoms with E-state index in [9.17, 15) is 18.0 Å². The lowest BCUT2D eigenvalue weighted by atomic mass is 10.2. The Hall–Kier alpha value is -2.72. The molecule has 3 rings (SSSR count). The lowest BCUT2D eigenvalue weighted by Gasteiger charge is -2.09. The molecule has 0 fully saturated rings. The molecule has 2 amide bonds. The van der Waals surface area contributed by atoms with E-state index in [0.717, 1.165) is 6.20 Å². The van der Waals surface area contributed by atoms with Crippen molar-refractivity contribution in [3.63, 3.8) is 0 Å². The van der Waals surface area contributed by atoms with Crippen LogP contribution in [0.25, 0.3) is 0 Å². The molecule has 2 N–H and O–H groups in total. The second kappa shape index (κ2) is 10.9. The molecule has 2 aromatic carbocycles. The van der Waals surface area contributed by atoms with Crippen molar-refractivity contribution >= 4 is 62.1 Å². The van der Waals surface area contributed by atoms with E-state index >= 15 is 0 Å². The molecule has 3 aromatic rings. The monoisotopic (exact) mass is 526 g/mol. The Kier molecular flexibility index (Phi) is 8.25. The van der Waals surface area contributed by atoms with E-state index in [-0.39, 0.29) is 34.6 Å². The quantitative estimate of drug-likeness (QED) is 0.425. The van der Waals surface area contributed by atoms with Gasteiger partial charge < -0.3 is 10.6 Å². The van der Waals surface area contributed by atoms with E-state index < -0.39 is 26.7 Å². The molecule has 0 radical (unpaired) electrons. The van der Waals surface area contributed by atoms with Crippen molar-refractivity contribution < 1.29 is 18.0 Å². The number of halogens is 3. The maximum atomic E-state index is 12.7. The van der Waals surface area contributed by atoms with E-state index in [1.165, 1.54) is 0 Å². The van der Waals surface area contributed by atoms with Crippen LogP contribution >= 0.6 is 34.8 Å². The summed E-state index contributed by atoms with van der Waals surface area (Å²) in [7, 11) is -4.00. The zero-order chi connectivity index (χ0) is 24.0. The summed E-state index contributed by atoms with van der Waals surface area (Å²) in [6.07, 6.45) is 1.00. The van der Waals surface area contributed by atoms with Crippen LogP contribution in [0.2, 0.25) is 15.1 Å². The fraction of sp³-hybridized carbons (Fsp3) is 0.143. The maximum absolute atomic E-state index is 12.7. The molecule has 0 saturated heterocycles. The predicted octanol–water partition coefficient (Wildman–Crippen LogP) is 4.17. The van der Waals surface area contributed by atoms with Gasteiger partial charge in [-0.25, -0.2) is 18.4 Å². The molecule has 8 nitrogen and oxygen atoms in total. The zero-order valence-corrected chi connectivity index (χ0v) is 20.0. The topological polar surface area (TPSA) is 118 Å². The highest BCUT2D eigenvalue weighted by Gasteiger charge is 2.24. The van der Waals surface area contributed by atoms with Gasteiger partial charge in [0, 0.05) is 28.7 Å². The average molecular weight is 528 g/mol. The van der Waals surface area contributed by atoms with Crippen LogP contribution in [0.15, 0.2) is 59.9 Å². The molecule has 0 aliphatic carbocycles. The number of rotatable bonds is 8. The SMILES string of the molecule is O=C(CCNC(=O)c1nc(S(=O)(=O)Cc2ccccc2Cl)ncc1Cl)Nc1ccc(Cl)cc1. The molecule has 0 aliphatic rings. The molecule has 1 heterocycles. The second-order valence-electron chi connectivity index (χ2n) is 6.76. The Labute approximate surface area is 205 Å². The van der Waals surface area contributed by atoms with Gasteiger partial charge >= 0.3 is 0 Å². The largest absolute Gasteiger partial charge is 0.350 e. The third-order valence-corrected chi connectivity index (χ3v) is 6.63. The normalized spacial score (nSPS) is 11.1. The number of hydrogen-bond donors (Lipinski definition) is 2. The molecule has 1 aromatic heterocycles. The molecular formula is C21H17Cl3N4O4S. The number of nitrogens with zero attached hydrogens (tertiary/aromatic N) is 2. The minimum Gasteiger partial charge on any atom is -0.350 e. The Balaban J connectivity index is 1.63. The van der Waals surface area contributed by atoms with Gasteiger partial charge in [-0.1, -0.05) is 53.0 Å². The van der Waals surface area contributed by atoms with Crippen molar-refractivity contribution in [2.45, 2.75) is 17.3 Å². The summed E-state index contributed by atoms with van der Waals surface area (Å²) in [6, 6.07) is 13.0. The average Bonchev–Trinajstić information content (AvgIpc) is 2.77. The Morgan fingerprint density at radius 2 is 1.64 bits per heavy atom. The lowest BCUT2D eigenvalue weighted by molar-refractivity contribution is -0.116. The van der Waals surface area contributed by atoms with Crippen LogP contribution in [0.1, 0.15) is 22.5 Å². The van der Waals surface area contributed by atoms with E-state index in [2.05, 4.69) is 20.6 Å². The van der Waals surface area contributed by atoms with Gasteiger partial charge in [-0.15, -0.1) is 0 Å². The highest BCUT2D eigenvalue weighted by molar-refractivity contribution is 7.90. The van der Waals surface area contributed by atoms with Gasteiger partial charge in [0.05, 0.1) is 17.0 Å². The number of amides is 2. The number of carbonyl (C=O) groups excluding carboxylic acids is 2. The van der Waals surface area contributed by atoms with Gasteiger partial charge in [0.25, 0.3) is 5.91 Å². The van der Waals surface area contributed by atoms with E-state index in [1.807, 2.05) is 0 Å². The van der Waals surface area contributed by atoms with Gasteiger partial charge in [-0.3, -0.25) is 9.59 Å². The van der Waals surface area contributed by atoms with E-state index in [4.69, 9.17) is 34.8 Å². The standard InChI is InChI=1S/C21H17Cl3N4O4S/c22-14-5-7-15(8-6-14)27-18(29)9-10-25-20(30)19-17(24)11-26-21(28-19)33(31,32)12-13-3-1-2-4-16(13)23/h1-8,11H,9-10,12H2,(H,25,30)(H,27,29). The molecule has 12 heteroatoms. The first-order valence-corrected chi connectivity index (χ1v) is 12.3. The third-order valence-electron chi connectivity index (χ3n) is 4.28. The molecule has 0 unspecified atom stereocenters. The van der Waals surface area contributed by atoms with Crippen molar-refractivity contribution in [1.82, 2.24) is 15.3 Å². The van der Waals surface area contributed by atoms with Crippen LogP contribution in [-0.2, 0) is 20.4 Å². The summed E-state index contributed by atoms with van der Waals surface area (Å²) in [6.45, 7) is -0.0275. The van der Waals surface area contributed by atoms with Gasteiger partial charge in [-0.2, -0.15) is 0 Å². The van der Waals surface area contributed by atoms with Crippen LogP contribution in [0.3, 0.4) is 0 Å². The molecule has 33 heavy (non-hydrogen) atoms. The summed E-state index contributed by atoms with van der Waals surface area (Å²) in [5.41, 5.74) is 0.612. The first-order chi connectivity index (χ1) is 15.7. The maximum Gasteiger partial charge on any atom is 0.271 e. The first-order valence-electron chi connectivity index (χ1n) is 9.48. The van der Waals surface area contributed by atoms with E-state index in [0.29, 0.717) is 16.3 Å². The van der Waals surface area contributed by atoms with Crippen LogP contribution < -0.4 is 10.6 Å². The fourth-order valence-corrected chi connectivity index (χ4v) is 4.49. The van der Waals surface area contributed by atoms with Gasteiger partial charge in [0.2, 0.25) is 20.9 Å². The molecule has 0 bridgehead atoms. The van der Waals surface area contributed by atoms with Crippen molar-refractivity contribution in [2.75, 3.05) is 11.9 Å². The fourth-order valence-electron chi connectivity index (χ4n) is 2.67. The highest BCUT2D eigenvalue weighted by Crippen LogP contribution is 2.22. The second-order valence-corrected chi connectivity index (χ2v) is 9.89. The van der Waals surface area contributed by atoms with Crippen LogP contribution in [-0.4, -0.2) is 36.7 Å². The van der Waals surface area contributed by atoms with Crippen LogP contribution in [0.4, 0.5) is 5.69 Å². The summed E-state index contributed by atoms with van der Waals surface area (Å²) in [5, 5.41) is 5.28. The first kappa shape index (κ1) is 24.9. The van der Waals surface area contributed by atoms with Gasteiger partial charge in [0.1, 0.15) is 0 Å². The number of aromatic nitrogens is 2. The predicted molar refractivity (Wildman–Crippen MR) is 126 cm³/mol. The van der Waals surface area contributed by atoms with Gasteiger partial charge in [0.15, 0.2) is 5.69 Å². The van der Waals surface area contributed by atoms with Gasteiger partial charge in [-0.05, 0) is 35.9 Å². The molecule has 0 saturated carbocycles. The minimum atomic E-state index is -4.00. The number of anilines is 1. The summed E-state index contributed by atoms with van der Waals surface area (Å²) < 4.78 is 25.4. The third kappa shape index (κ3) is 6.88. The summed E-state index contributed by atoms with van der Waals surface area (Å²) in [4.78, 5) is 32.1. The van der Waals surface area contributed by atoms with Crippen molar-refractivity contribution in [3.05, 3.63) is 81.1 Å². The molecule has 0 aliphatic heterocycles. The summed E-state index contributed by atoms with van der Waals surface area (Å²) in [5.74, 6) is -1.52. The van der Waals surface area contributed by atoms with E-state index in [1.54, 1.807) is 48.5 Å². The number of hydrogen-bond acceptors (Lipinski definition) is 6. The number of nitrogens with one attached hydrogen (secondary N) is 2. The Morgan fingerprint density at radius 1 is 0.939 bits per heavy atom. The molecular weight excluding hydrogens is 511 g/mol. The number of sulfone groups is 1. The molecule has 0 spiro atoms. The highest BCUT2D eigenvalue weighted by atomic mass is 35.5.